The van der Waals surface area contributed by atoms with Crippen LogP contribution < -0.4 is 10.9 Å². The van der Waals surface area contributed by atoms with E-state index >= 15 is 0 Å². The molecule has 1 aromatic rings. The molecule has 0 saturated heterocycles. The third-order valence-corrected chi connectivity index (χ3v) is 2.55. The fourth-order valence-corrected chi connectivity index (χ4v) is 1.34. The van der Waals surface area contributed by atoms with E-state index in [1.54, 1.807) is 21.0 Å². The first kappa shape index (κ1) is 33.2. The van der Waals surface area contributed by atoms with E-state index in [0.29, 0.717) is 11.6 Å². The number of amides is 2. The van der Waals surface area contributed by atoms with Gasteiger partial charge in [-0.3, -0.25) is 25.2 Å². The molecule has 0 unspecified atom stereocenters. The van der Waals surface area contributed by atoms with Crippen LogP contribution in [0.5, 0.6) is 0 Å². The third-order valence-electron chi connectivity index (χ3n) is 1.73. The van der Waals surface area contributed by atoms with E-state index in [4.69, 9.17) is 4.74 Å². The Hall–Kier alpha value is -2.40. The lowest BCUT2D eigenvalue weighted by Gasteiger charge is -1.97. The summed E-state index contributed by atoms with van der Waals surface area (Å²) in [5.74, 6) is -1.69. The highest BCUT2D eigenvalue weighted by atomic mass is 32.1. The summed E-state index contributed by atoms with van der Waals surface area (Å²) in [6.07, 6.45) is 0.0654. The van der Waals surface area contributed by atoms with E-state index in [1.807, 2.05) is 45.5 Å². The highest BCUT2D eigenvalue weighted by molar-refractivity contribution is 7.13. The normalized spacial score (nSPS) is 7.75. The average Bonchev–Trinajstić information content (AvgIpc) is 3.16. The van der Waals surface area contributed by atoms with Gasteiger partial charge in [0.25, 0.3) is 0 Å². The molecule has 28 heavy (non-hydrogen) atoms. The number of esters is 1. The van der Waals surface area contributed by atoms with E-state index in [-0.39, 0.29) is 6.29 Å². The third kappa shape index (κ3) is 25.8. The molecule has 1 heterocycles. The van der Waals surface area contributed by atoms with Crippen LogP contribution in [-0.2, 0) is 23.9 Å². The maximum Gasteiger partial charge on any atom is 0.369 e. The van der Waals surface area contributed by atoms with E-state index < -0.39 is 17.8 Å². The Morgan fingerprint density at radius 2 is 1.54 bits per heavy atom. The topological polar surface area (TPSA) is 137 Å². The molecule has 164 valence electrons. The minimum atomic E-state index is -0.870. The smallest absolute Gasteiger partial charge is 0.369 e. The number of nitrogens with zero attached hydrogens (tertiary/aromatic N) is 2. The minimum absolute atomic E-state index is 0.0654. The standard InChI is InChI=1S/C6H8N2O2S.C4H6N2O3.C3H8O.2C2H6/c1-3-10-6(9)5-8-7-4(2)11-5;1-3(8)5-6-4(9)2-7;1-3-4-2;2*1-2/h3H2,1-2H3;2H,1H3,(H,5,8)(H,6,9);3H2,1-2H3;2*1-2H3. The summed E-state index contributed by atoms with van der Waals surface area (Å²) in [4.78, 5) is 40.5. The number of aryl methyl sites for hydroxylation is 1. The van der Waals surface area contributed by atoms with Crippen molar-refractivity contribution >= 4 is 35.4 Å². The van der Waals surface area contributed by atoms with Crippen molar-refractivity contribution in [3.63, 3.8) is 0 Å². The monoisotopic (exact) mass is 422 g/mol. The first-order valence-electron chi connectivity index (χ1n) is 8.80. The van der Waals surface area contributed by atoms with Crippen LogP contribution in [0.4, 0.5) is 0 Å². The Labute approximate surface area is 171 Å². The summed E-state index contributed by atoms with van der Waals surface area (Å²) in [6, 6.07) is 0. The van der Waals surface area contributed by atoms with Gasteiger partial charge in [0.15, 0.2) is 0 Å². The molecular formula is C17H34N4O6S. The summed E-state index contributed by atoms with van der Waals surface area (Å²) >= 11 is 1.24. The van der Waals surface area contributed by atoms with Gasteiger partial charge < -0.3 is 9.47 Å². The number of rotatable bonds is 4. The number of methoxy groups -OCH3 is 1. The van der Waals surface area contributed by atoms with Crippen molar-refractivity contribution < 1.29 is 28.7 Å². The SMILES string of the molecule is CC.CC.CC(=O)NNC(=O)C=O.CCOC.CCOC(=O)c1nnc(C)s1. The number of aromatic nitrogens is 2. The number of ether oxygens (including phenoxy) is 2. The van der Waals surface area contributed by atoms with Gasteiger partial charge in [0.2, 0.25) is 17.2 Å². The molecule has 11 heteroatoms. The zero-order chi connectivity index (χ0) is 23.0. The average molecular weight is 423 g/mol. The van der Waals surface area contributed by atoms with Crippen molar-refractivity contribution in [2.75, 3.05) is 20.3 Å². The van der Waals surface area contributed by atoms with Crippen LogP contribution >= 0.6 is 11.3 Å². The molecule has 0 fully saturated rings. The fraction of sp³-hybridized carbons (Fsp3) is 0.647. The van der Waals surface area contributed by atoms with E-state index in [9.17, 15) is 19.2 Å². The van der Waals surface area contributed by atoms with E-state index in [2.05, 4.69) is 14.9 Å². The Bertz CT molecular complexity index is 522. The Morgan fingerprint density at radius 1 is 1.04 bits per heavy atom. The van der Waals surface area contributed by atoms with Crippen molar-refractivity contribution in [1.29, 1.82) is 0 Å². The summed E-state index contributed by atoms with van der Waals surface area (Å²) in [7, 11) is 1.68. The minimum Gasteiger partial charge on any atom is -0.461 e. The molecule has 0 spiro atoms. The highest BCUT2D eigenvalue weighted by Crippen LogP contribution is 2.08. The molecule has 0 bridgehead atoms. The molecule has 0 aromatic carbocycles. The van der Waals surface area contributed by atoms with Crippen molar-refractivity contribution in [3.8, 4) is 0 Å². The van der Waals surface area contributed by atoms with Gasteiger partial charge in [-0.1, -0.05) is 39.0 Å². The molecular weight excluding hydrogens is 388 g/mol. The fourth-order valence-electron chi connectivity index (χ4n) is 0.751. The number of hydrazine groups is 1. The second-order valence-corrected chi connectivity index (χ2v) is 4.89. The first-order chi connectivity index (χ1) is 13.3. The highest BCUT2D eigenvalue weighted by Gasteiger charge is 2.10. The number of aldehydes is 1. The van der Waals surface area contributed by atoms with E-state index in [1.165, 1.54) is 18.3 Å². The molecule has 10 nitrogen and oxygen atoms in total. The molecule has 0 saturated carbocycles. The van der Waals surface area contributed by atoms with Gasteiger partial charge in [-0.25, -0.2) is 4.79 Å². The maximum atomic E-state index is 10.9. The number of hydrogen-bond acceptors (Lipinski definition) is 9. The predicted molar refractivity (Wildman–Crippen MR) is 109 cm³/mol. The van der Waals surface area contributed by atoms with Gasteiger partial charge in [0, 0.05) is 20.6 Å². The molecule has 0 aliphatic heterocycles. The van der Waals surface area contributed by atoms with Crippen LogP contribution in [0.25, 0.3) is 0 Å². The number of carbonyl (C=O) groups excluding carboxylic acids is 4. The van der Waals surface area contributed by atoms with Crippen LogP contribution in [0.1, 0.15) is 63.3 Å². The van der Waals surface area contributed by atoms with Crippen LogP contribution in [0.2, 0.25) is 0 Å². The van der Waals surface area contributed by atoms with Gasteiger partial charge in [-0.2, -0.15) is 0 Å². The number of carbonyl (C=O) groups is 4. The van der Waals surface area contributed by atoms with Gasteiger partial charge in [-0.15, -0.1) is 10.2 Å². The summed E-state index contributed by atoms with van der Waals surface area (Å²) in [6.45, 7) is 15.9. The Balaban J connectivity index is -0.000000152. The van der Waals surface area contributed by atoms with Crippen LogP contribution in [0, 0.1) is 6.92 Å². The van der Waals surface area contributed by atoms with Crippen molar-refractivity contribution in [1.82, 2.24) is 21.0 Å². The number of nitrogens with one attached hydrogen (secondary N) is 2. The van der Waals surface area contributed by atoms with Gasteiger partial charge >= 0.3 is 11.9 Å². The summed E-state index contributed by atoms with van der Waals surface area (Å²) in [5, 5.41) is 8.41. The molecule has 0 aliphatic carbocycles. The van der Waals surface area contributed by atoms with Gasteiger partial charge in [0.05, 0.1) is 6.61 Å². The zero-order valence-electron chi connectivity index (χ0n) is 18.2. The molecule has 2 amide bonds. The molecule has 0 radical (unpaired) electrons. The van der Waals surface area contributed by atoms with Crippen molar-refractivity contribution in [2.45, 2.75) is 55.4 Å². The molecule has 0 aliphatic rings. The predicted octanol–water partition coefficient (Wildman–Crippen LogP) is 2.08. The van der Waals surface area contributed by atoms with Crippen LogP contribution in [0.3, 0.4) is 0 Å². The Kier molecular flexibility index (Phi) is 31.8. The van der Waals surface area contributed by atoms with Gasteiger partial charge in [0.1, 0.15) is 5.01 Å². The number of hydrogen-bond donors (Lipinski definition) is 2. The zero-order valence-corrected chi connectivity index (χ0v) is 19.1. The van der Waals surface area contributed by atoms with Crippen molar-refractivity contribution in [2.24, 2.45) is 0 Å². The maximum absolute atomic E-state index is 10.9. The first-order valence-corrected chi connectivity index (χ1v) is 9.61. The lowest BCUT2D eigenvalue weighted by atomic mass is 10.7. The molecule has 1 aromatic heterocycles. The molecule has 2 N–H and O–H groups in total. The lowest BCUT2D eigenvalue weighted by Crippen LogP contribution is -2.40. The van der Waals surface area contributed by atoms with Crippen LogP contribution in [-0.4, -0.2) is 54.6 Å². The van der Waals surface area contributed by atoms with Crippen molar-refractivity contribution in [3.05, 3.63) is 10.0 Å². The lowest BCUT2D eigenvalue weighted by molar-refractivity contribution is -0.133. The second kappa shape index (κ2) is 26.8. The molecule has 0 atom stereocenters. The Morgan fingerprint density at radius 3 is 1.82 bits per heavy atom. The second-order valence-electron chi connectivity index (χ2n) is 3.71. The van der Waals surface area contributed by atoms with Gasteiger partial charge in [-0.05, 0) is 20.8 Å². The molecule has 1 rings (SSSR count). The van der Waals surface area contributed by atoms with Crippen LogP contribution in [0.15, 0.2) is 0 Å². The van der Waals surface area contributed by atoms with E-state index in [0.717, 1.165) is 11.6 Å². The largest absolute Gasteiger partial charge is 0.461 e. The summed E-state index contributed by atoms with van der Waals surface area (Å²) in [5.41, 5.74) is 3.75. The summed E-state index contributed by atoms with van der Waals surface area (Å²) < 4.78 is 9.25. The quantitative estimate of drug-likeness (QED) is 0.326.